The van der Waals surface area contributed by atoms with Crippen LogP contribution in [0, 0.1) is 0 Å². The van der Waals surface area contributed by atoms with Crippen molar-refractivity contribution in [2.24, 2.45) is 0 Å². The van der Waals surface area contributed by atoms with Gasteiger partial charge in [-0.25, -0.2) is 4.98 Å². The van der Waals surface area contributed by atoms with Gasteiger partial charge in [0.05, 0.1) is 17.5 Å². The Balaban J connectivity index is 1.75. The van der Waals surface area contributed by atoms with E-state index in [9.17, 15) is 9.59 Å². The number of carbonyl (C=O) groups is 2. The lowest BCUT2D eigenvalue weighted by Gasteiger charge is -2.27. The molecule has 0 bridgehead atoms. The van der Waals surface area contributed by atoms with Gasteiger partial charge in [-0.2, -0.15) is 0 Å². The first-order valence-corrected chi connectivity index (χ1v) is 9.31. The first-order valence-electron chi connectivity index (χ1n) is 8.50. The summed E-state index contributed by atoms with van der Waals surface area (Å²) < 4.78 is 5.13. The molecule has 3 heterocycles. The summed E-state index contributed by atoms with van der Waals surface area (Å²) in [5.41, 5.74) is 2.00. The van der Waals surface area contributed by atoms with Crippen molar-refractivity contribution >= 4 is 35.0 Å². The monoisotopic (exact) mass is 379 g/mol. The third kappa shape index (κ3) is 3.21. The minimum absolute atomic E-state index is 0.0217. The van der Waals surface area contributed by atoms with Crippen molar-refractivity contribution in [3.8, 4) is 0 Å². The quantitative estimate of drug-likeness (QED) is 0.728. The molecule has 3 aromatic rings. The summed E-state index contributed by atoms with van der Waals surface area (Å²) in [4.78, 5) is 32.3. The molecule has 0 spiro atoms. The van der Waals surface area contributed by atoms with Gasteiger partial charge in [0.25, 0.3) is 11.8 Å². The number of carbonyl (C=O) groups excluding carboxylic acids is 2. The summed E-state index contributed by atoms with van der Waals surface area (Å²) in [6, 6.07) is 12.3. The van der Waals surface area contributed by atoms with Crippen molar-refractivity contribution in [1.29, 1.82) is 0 Å². The first-order chi connectivity index (χ1) is 13.0. The van der Waals surface area contributed by atoms with Crippen LogP contribution < -0.4 is 10.2 Å². The highest BCUT2D eigenvalue weighted by molar-refractivity contribution is 7.99. The van der Waals surface area contributed by atoms with Crippen LogP contribution in [0.25, 0.3) is 0 Å². The van der Waals surface area contributed by atoms with Crippen LogP contribution in [0.1, 0.15) is 34.8 Å². The minimum Gasteiger partial charge on any atom is -0.459 e. The second-order valence-electron chi connectivity index (χ2n) is 6.34. The van der Waals surface area contributed by atoms with Crippen molar-refractivity contribution in [2.75, 3.05) is 10.2 Å². The number of benzene rings is 1. The largest absolute Gasteiger partial charge is 0.459 e. The van der Waals surface area contributed by atoms with Crippen LogP contribution in [0.2, 0.25) is 0 Å². The predicted molar refractivity (Wildman–Crippen MR) is 103 cm³/mol. The van der Waals surface area contributed by atoms with Gasteiger partial charge in [-0.1, -0.05) is 11.8 Å². The van der Waals surface area contributed by atoms with E-state index >= 15 is 0 Å². The summed E-state index contributed by atoms with van der Waals surface area (Å²) in [6.07, 6.45) is 3.13. The van der Waals surface area contributed by atoms with Gasteiger partial charge in [-0.15, -0.1) is 0 Å². The molecule has 0 fully saturated rings. The zero-order chi connectivity index (χ0) is 19.0. The topological polar surface area (TPSA) is 75.4 Å². The molecule has 7 heteroatoms. The van der Waals surface area contributed by atoms with Gasteiger partial charge in [0.2, 0.25) is 0 Å². The minimum atomic E-state index is -0.325. The van der Waals surface area contributed by atoms with E-state index in [1.165, 1.54) is 18.0 Å². The van der Waals surface area contributed by atoms with Gasteiger partial charge in [-0.3, -0.25) is 9.59 Å². The molecule has 0 saturated carbocycles. The molecule has 1 N–H and O–H groups in total. The molecular weight excluding hydrogens is 362 g/mol. The molecule has 4 rings (SSSR count). The highest BCUT2D eigenvalue weighted by Gasteiger charge is 2.30. The lowest BCUT2D eigenvalue weighted by atomic mass is 10.1. The molecule has 0 radical (unpaired) electrons. The summed E-state index contributed by atoms with van der Waals surface area (Å²) in [7, 11) is 0. The number of furan rings is 1. The van der Waals surface area contributed by atoms with Crippen LogP contribution in [-0.4, -0.2) is 22.8 Å². The van der Waals surface area contributed by atoms with E-state index in [4.69, 9.17) is 4.42 Å². The maximum atomic E-state index is 13.0. The number of fused-ring (bicyclic) bond motifs is 2. The number of nitrogens with zero attached hydrogens (tertiary/aromatic N) is 2. The Bertz CT molecular complexity index is 1020. The Kier molecular flexibility index (Phi) is 4.45. The van der Waals surface area contributed by atoms with E-state index in [1.807, 2.05) is 26.0 Å². The third-order valence-corrected chi connectivity index (χ3v) is 5.23. The van der Waals surface area contributed by atoms with Gasteiger partial charge in [0, 0.05) is 22.8 Å². The number of anilines is 2. The van der Waals surface area contributed by atoms with Gasteiger partial charge in [0.15, 0.2) is 5.76 Å². The van der Waals surface area contributed by atoms with Crippen molar-refractivity contribution in [3.05, 3.63) is 66.2 Å². The number of nitrogens with one attached hydrogen (secondary N) is 1. The predicted octanol–water partition coefficient (Wildman–Crippen LogP) is 4.45. The fourth-order valence-electron chi connectivity index (χ4n) is 2.96. The fourth-order valence-corrected chi connectivity index (χ4v) is 4.01. The summed E-state index contributed by atoms with van der Waals surface area (Å²) in [6.45, 7) is 3.95. The molecule has 0 saturated heterocycles. The first kappa shape index (κ1) is 17.4. The lowest BCUT2D eigenvalue weighted by Crippen LogP contribution is -2.37. The average Bonchev–Trinajstić information content (AvgIpc) is 3.15. The van der Waals surface area contributed by atoms with E-state index in [2.05, 4.69) is 10.3 Å². The van der Waals surface area contributed by atoms with Crippen molar-refractivity contribution in [1.82, 2.24) is 4.98 Å². The van der Waals surface area contributed by atoms with Gasteiger partial charge in [-0.05, 0) is 56.3 Å². The van der Waals surface area contributed by atoms with Gasteiger partial charge in [0.1, 0.15) is 5.03 Å². The molecule has 0 aliphatic carbocycles. The summed E-state index contributed by atoms with van der Waals surface area (Å²) in [5.74, 6) is -0.163. The molecule has 27 heavy (non-hydrogen) atoms. The Morgan fingerprint density at radius 3 is 2.81 bits per heavy atom. The number of amides is 2. The number of aromatic nitrogens is 1. The molecule has 0 unspecified atom stereocenters. The van der Waals surface area contributed by atoms with Crippen LogP contribution in [0.3, 0.4) is 0 Å². The molecule has 2 amide bonds. The molecule has 1 aliphatic rings. The maximum absolute atomic E-state index is 13.0. The second-order valence-corrected chi connectivity index (χ2v) is 7.37. The van der Waals surface area contributed by atoms with Gasteiger partial charge >= 0.3 is 0 Å². The molecular formula is C20H17N3O3S. The smallest absolute Gasteiger partial charge is 0.291 e. The highest BCUT2D eigenvalue weighted by atomic mass is 32.2. The number of rotatable bonds is 3. The Hall–Kier alpha value is -3.06. The van der Waals surface area contributed by atoms with E-state index in [0.717, 1.165) is 10.6 Å². The SMILES string of the molecule is CC(C)N1C(=O)c2cccnc2Sc2cc(NC(=O)c3ccco3)ccc21. The zero-order valence-electron chi connectivity index (χ0n) is 14.8. The van der Waals surface area contributed by atoms with E-state index < -0.39 is 0 Å². The Morgan fingerprint density at radius 1 is 1.22 bits per heavy atom. The van der Waals surface area contributed by atoms with Crippen LogP contribution in [0.15, 0.2) is 69.3 Å². The highest BCUT2D eigenvalue weighted by Crippen LogP contribution is 2.42. The van der Waals surface area contributed by atoms with E-state index in [-0.39, 0.29) is 23.6 Å². The van der Waals surface area contributed by atoms with Crippen molar-refractivity contribution < 1.29 is 14.0 Å². The van der Waals surface area contributed by atoms with E-state index in [1.54, 1.807) is 41.4 Å². The summed E-state index contributed by atoms with van der Waals surface area (Å²) in [5, 5.41) is 3.48. The third-order valence-electron chi connectivity index (χ3n) is 4.17. The number of hydrogen-bond donors (Lipinski definition) is 1. The number of hydrogen-bond acceptors (Lipinski definition) is 5. The fraction of sp³-hybridized carbons (Fsp3) is 0.150. The second kappa shape index (κ2) is 6.92. The average molecular weight is 379 g/mol. The molecule has 0 atom stereocenters. The summed E-state index contributed by atoms with van der Waals surface area (Å²) >= 11 is 1.42. The normalized spacial score (nSPS) is 13.1. The Labute approximate surface area is 160 Å². The Morgan fingerprint density at radius 2 is 2.07 bits per heavy atom. The van der Waals surface area contributed by atoms with Crippen molar-refractivity contribution in [3.63, 3.8) is 0 Å². The lowest BCUT2D eigenvalue weighted by molar-refractivity contribution is 0.0974. The molecule has 2 aromatic heterocycles. The van der Waals surface area contributed by atoms with E-state index in [0.29, 0.717) is 16.3 Å². The van der Waals surface area contributed by atoms with Gasteiger partial charge < -0.3 is 14.6 Å². The standard InChI is InChI=1S/C20H17N3O3S/c1-12(2)23-15-8-7-13(22-18(24)16-6-4-10-26-16)11-17(15)27-19-14(20(23)25)5-3-9-21-19/h3-12H,1-2H3,(H,22,24). The van der Waals surface area contributed by atoms with Crippen LogP contribution in [0.5, 0.6) is 0 Å². The van der Waals surface area contributed by atoms with Crippen LogP contribution in [0.4, 0.5) is 11.4 Å². The number of pyridine rings is 1. The zero-order valence-corrected chi connectivity index (χ0v) is 15.6. The maximum Gasteiger partial charge on any atom is 0.291 e. The van der Waals surface area contributed by atoms with Crippen molar-refractivity contribution in [2.45, 2.75) is 29.8 Å². The molecule has 1 aromatic carbocycles. The molecule has 6 nitrogen and oxygen atoms in total. The van der Waals surface area contributed by atoms with Crippen LogP contribution in [-0.2, 0) is 0 Å². The van der Waals surface area contributed by atoms with Crippen LogP contribution >= 0.6 is 11.8 Å². The molecule has 1 aliphatic heterocycles. The molecule has 136 valence electrons.